The van der Waals surface area contributed by atoms with Gasteiger partial charge in [0.2, 0.25) is 5.91 Å². The fourth-order valence-corrected chi connectivity index (χ4v) is 3.39. The van der Waals surface area contributed by atoms with E-state index in [1.807, 2.05) is 4.90 Å². The topological polar surface area (TPSA) is 55.8 Å². The third kappa shape index (κ3) is 5.93. The van der Waals surface area contributed by atoms with Gasteiger partial charge in [0.1, 0.15) is 0 Å². The molecular formula is C16H31N3O2. The van der Waals surface area contributed by atoms with Gasteiger partial charge in [-0.2, -0.15) is 0 Å². The quantitative estimate of drug-likeness (QED) is 0.762. The van der Waals surface area contributed by atoms with Crippen molar-refractivity contribution in [1.82, 2.24) is 15.1 Å². The smallest absolute Gasteiger partial charge is 0.236 e. The van der Waals surface area contributed by atoms with Gasteiger partial charge in [-0.25, -0.2) is 0 Å². The van der Waals surface area contributed by atoms with Gasteiger partial charge < -0.3 is 15.3 Å². The lowest BCUT2D eigenvalue weighted by Gasteiger charge is -2.29. The largest absolute Gasteiger partial charge is 0.395 e. The van der Waals surface area contributed by atoms with Crippen LogP contribution in [-0.4, -0.2) is 72.7 Å². The summed E-state index contributed by atoms with van der Waals surface area (Å²) < 4.78 is 0. The lowest BCUT2D eigenvalue weighted by Crippen LogP contribution is -2.46. The minimum Gasteiger partial charge on any atom is -0.395 e. The van der Waals surface area contributed by atoms with Crippen LogP contribution in [0.4, 0.5) is 0 Å². The molecule has 2 aliphatic heterocycles. The average molecular weight is 297 g/mol. The van der Waals surface area contributed by atoms with Gasteiger partial charge in [0, 0.05) is 32.2 Å². The second kappa shape index (κ2) is 9.38. The number of nitrogens with zero attached hydrogens (tertiary/aromatic N) is 2. The van der Waals surface area contributed by atoms with E-state index < -0.39 is 0 Å². The van der Waals surface area contributed by atoms with E-state index in [1.165, 1.54) is 32.1 Å². The summed E-state index contributed by atoms with van der Waals surface area (Å²) in [6.07, 6.45) is 8.47. The highest BCUT2D eigenvalue weighted by atomic mass is 16.3. The molecule has 1 unspecified atom stereocenters. The third-order valence-corrected chi connectivity index (χ3v) is 4.62. The van der Waals surface area contributed by atoms with Crippen LogP contribution in [0.5, 0.6) is 0 Å². The van der Waals surface area contributed by atoms with E-state index in [0.29, 0.717) is 19.1 Å². The van der Waals surface area contributed by atoms with Gasteiger partial charge in [-0.05, 0) is 32.2 Å². The van der Waals surface area contributed by atoms with Crippen molar-refractivity contribution < 1.29 is 9.90 Å². The fourth-order valence-electron chi connectivity index (χ4n) is 3.39. The molecule has 21 heavy (non-hydrogen) atoms. The van der Waals surface area contributed by atoms with E-state index >= 15 is 0 Å². The monoisotopic (exact) mass is 297 g/mol. The van der Waals surface area contributed by atoms with Crippen LogP contribution in [0, 0.1) is 0 Å². The van der Waals surface area contributed by atoms with E-state index in [2.05, 4.69) is 10.2 Å². The summed E-state index contributed by atoms with van der Waals surface area (Å²) in [4.78, 5) is 16.7. The van der Waals surface area contributed by atoms with Crippen LogP contribution in [-0.2, 0) is 4.79 Å². The first kappa shape index (κ1) is 16.7. The van der Waals surface area contributed by atoms with Crippen molar-refractivity contribution in [2.75, 3.05) is 45.9 Å². The Bertz CT molecular complexity index is 298. The van der Waals surface area contributed by atoms with Crippen LogP contribution in [0.1, 0.15) is 44.9 Å². The van der Waals surface area contributed by atoms with Gasteiger partial charge in [-0.15, -0.1) is 0 Å². The Hall–Kier alpha value is -0.650. The van der Waals surface area contributed by atoms with E-state index in [-0.39, 0.29) is 12.5 Å². The number of carbonyl (C=O) groups excluding carboxylic acids is 1. The summed E-state index contributed by atoms with van der Waals surface area (Å²) in [7, 11) is 0. The van der Waals surface area contributed by atoms with Gasteiger partial charge in [-0.1, -0.05) is 19.3 Å². The number of likely N-dealkylation sites (tertiary alicyclic amines) is 1. The molecule has 0 spiro atoms. The Kier molecular flexibility index (Phi) is 7.47. The summed E-state index contributed by atoms with van der Waals surface area (Å²) in [5.41, 5.74) is 0. The first-order chi connectivity index (χ1) is 10.3. The Morgan fingerprint density at radius 2 is 1.86 bits per heavy atom. The molecule has 2 fully saturated rings. The molecule has 0 aromatic carbocycles. The normalized spacial score (nSPS) is 24.1. The first-order valence-corrected chi connectivity index (χ1v) is 8.64. The van der Waals surface area contributed by atoms with E-state index in [4.69, 9.17) is 0 Å². The number of nitrogens with one attached hydrogen (secondary N) is 1. The van der Waals surface area contributed by atoms with Crippen LogP contribution < -0.4 is 5.32 Å². The molecule has 2 N–H and O–H groups in total. The number of carbonyl (C=O) groups is 1. The highest BCUT2D eigenvalue weighted by Crippen LogP contribution is 2.12. The van der Waals surface area contributed by atoms with Gasteiger partial charge in [0.05, 0.1) is 13.2 Å². The maximum Gasteiger partial charge on any atom is 0.236 e. The SMILES string of the molecule is O=C(CN(CCO)CC1CCCN1)N1CCCCCCC1. The molecule has 0 aromatic rings. The van der Waals surface area contributed by atoms with Crippen molar-refractivity contribution >= 4 is 5.91 Å². The molecule has 2 saturated heterocycles. The molecule has 5 nitrogen and oxygen atoms in total. The van der Waals surface area contributed by atoms with Gasteiger partial charge in [0.25, 0.3) is 0 Å². The number of aliphatic hydroxyl groups excluding tert-OH is 1. The van der Waals surface area contributed by atoms with E-state index in [0.717, 1.165) is 39.0 Å². The van der Waals surface area contributed by atoms with E-state index in [9.17, 15) is 9.90 Å². The van der Waals surface area contributed by atoms with Crippen molar-refractivity contribution in [2.24, 2.45) is 0 Å². The zero-order chi connectivity index (χ0) is 14.9. The Balaban J connectivity index is 1.80. The van der Waals surface area contributed by atoms with Crippen LogP contribution in [0.2, 0.25) is 0 Å². The standard InChI is InChI=1S/C16H31N3O2/c20-12-11-18(13-15-7-6-8-17-15)14-16(21)19-9-4-2-1-3-5-10-19/h15,17,20H,1-14H2. The zero-order valence-corrected chi connectivity index (χ0v) is 13.2. The summed E-state index contributed by atoms with van der Waals surface area (Å²) in [6.45, 7) is 4.95. The van der Waals surface area contributed by atoms with Crippen LogP contribution in [0.25, 0.3) is 0 Å². The molecule has 0 aliphatic carbocycles. The van der Waals surface area contributed by atoms with Crippen molar-refractivity contribution in [2.45, 2.75) is 51.0 Å². The predicted molar refractivity (Wildman–Crippen MR) is 84.2 cm³/mol. The van der Waals surface area contributed by atoms with Gasteiger partial charge in [0.15, 0.2) is 0 Å². The number of amides is 1. The van der Waals surface area contributed by atoms with E-state index in [1.54, 1.807) is 0 Å². The van der Waals surface area contributed by atoms with Crippen LogP contribution >= 0.6 is 0 Å². The highest BCUT2D eigenvalue weighted by Gasteiger charge is 2.22. The number of rotatable bonds is 6. The lowest BCUT2D eigenvalue weighted by atomic mass is 10.1. The Morgan fingerprint density at radius 1 is 1.14 bits per heavy atom. The summed E-state index contributed by atoms with van der Waals surface area (Å²) in [5.74, 6) is 0.239. The Morgan fingerprint density at radius 3 is 2.48 bits per heavy atom. The van der Waals surface area contributed by atoms with Crippen LogP contribution in [0.15, 0.2) is 0 Å². The molecule has 0 bridgehead atoms. The molecule has 2 aliphatic rings. The molecule has 0 radical (unpaired) electrons. The zero-order valence-electron chi connectivity index (χ0n) is 13.2. The number of hydrogen-bond donors (Lipinski definition) is 2. The van der Waals surface area contributed by atoms with Crippen molar-refractivity contribution in [1.29, 1.82) is 0 Å². The van der Waals surface area contributed by atoms with Crippen LogP contribution in [0.3, 0.4) is 0 Å². The maximum atomic E-state index is 12.5. The maximum absolute atomic E-state index is 12.5. The second-order valence-corrected chi connectivity index (χ2v) is 6.40. The number of aliphatic hydroxyl groups is 1. The van der Waals surface area contributed by atoms with Crippen molar-refractivity contribution in [3.8, 4) is 0 Å². The predicted octanol–water partition coefficient (Wildman–Crippen LogP) is 0.825. The van der Waals surface area contributed by atoms with Gasteiger partial charge >= 0.3 is 0 Å². The average Bonchev–Trinajstić information content (AvgIpc) is 2.91. The molecule has 0 saturated carbocycles. The molecule has 2 heterocycles. The van der Waals surface area contributed by atoms with Crippen molar-refractivity contribution in [3.63, 3.8) is 0 Å². The molecule has 0 aromatic heterocycles. The first-order valence-electron chi connectivity index (χ1n) is 8.64. The molecule has 122 valence electrons. The minimum absolute atomic E-state index is 0.125. The summed E-state index contributed by atoms with van der Waals surface area (Å²) in [6, 6.07) is 0.483. The third-order valence-electron chi connectivity index (χ3n) is 4.62. The summed E-state index contributed by atoms with van der Waals surface area (Å²) >= 11 is 0. The molecule has 2 rings (SSSR count). The molecule has 5 heteroatoms. The second-order valence-electron chi connectivity index (χ2n) is 6.40. The minimum atomic E-state index is 0.125. The molecule has 1 amide bonds. The molecular weight excluding hydrogens is 266 g/mol. The fraction of sp³-hybridized carbons (Fsp3) is 0.938. The number of hydrogen-bond acceptors (Lipinski definition) is 4. The van der Waals surface area contributed by atoms with Crippen molar-refractivity contribution in [3.05, 3.63) is 0 Å². The Labute approximate surface area is 128 Å². The lowest BCUT2D eigenvalue weighted by molar-refractivity contribution is -0.133. The molecule has 1 atom stereocenters. The van der Waals surface area contributed by atoms with Gasteiger partial charge in [-0.3, -0.25) is 9.69 Å². The summed E-state index contributed by atoms with van der Waals surface area (Å²) in [5, 5.41) is 12.7. The highest BCUT2D eigenvalue weighted by molar-refractivity contribution is 5.78.